The molecule has 33 heavy (non-hydrogen) atoms. The lowest BCUT2D eigenvalue weighted by molar-refractivity contribution is -0.245. The van der Waals surface area contributed by atoms with Gasteiger partial charge in [0.15, 0.2) is 6.29 Å². The van der Waals surface area contributed by atoms with Crippen molar-refractivity contribution in [1.29, 1.82) is 0 Å². The van der Waals surface area contributed by atoms with Crippen LogP contribution in [0.25, 0.3) is 0 Å². The minimum absolute atomic E-state index is 0.298. The van der Waals surface area contributed by atoms with Crippen LogP contribution in [0.2, 0.25) is 0 Å². The lowest BCUT2D eigenvalue weighted by atomic mass is 9.97. The first-order valence-electron chi connectivity index (χ1n) is 8.93. The van der Waals surface area contributed by atoms with Gasteiger partial charge in [0, 0.05) is 0 Å². The molecule has 2 aromatic rings. The zero-order valence-corrected chi connectivity index (χ0v) is 17.9. The van der Waals surface area contributed by atoms with E-state index < -0.39 is 73.0 Å². The van der Waals surface area contributed by atoms with E-state index in [0.717, 1.165) is 18.5 Å². The largest absolute Gasteiger partial charge is 0.394 e. The fourth-order valence-electron chi connectivity index (χ4n) is 2.94. The van der Waals surface area contributed by atoms with E-state index in [2.05, 4.69) is 25.6 Å². The summed E-state index contributed by atoms with van der Waals surface area (Å²) in [6.07, 6.45) is -5.18. The molecule has 0 spiro atoms. The minimum Gasteiger partial charge on any atom is -0.394 e. The summed E-state index contributed by atoms with van der Waals surface area (Å²) in [4.78, 5) is 9.89. The summed E-state index contributed by atoms with van der Waals surface area (Å²) >= 11 is 0. The van der Waals surface area contributed by atoms with Gasteiger partial charge in [0.25, 0.3) is 20.2 Å². The van der Waals surface area contributed by atoms with Gasteiger partial charge < -0.3 is 35.8 Å². The van der Waals surface area contributed by atoms with Crippen molar-refractivity contribution in [3.05, 3.63) is 24.5 Å². The zero-order chi connectivity index (χ0) is 24.6. The third-order valence-electron chi connectivity index (χ3n) is 4.54. The molecule has 2 heterocycles. The second kappa shape index (κ2) is 9.37. The SMILES string of the molecule is O=S(=O)(O)c1ccc(S(=O)(=O)O)c(Nc2ncnc(NC3C(O)OC(CO)C(O)C3O)n2)c1. The molecule has 182 valence electrons. The Kier molecular flexibility index (Phi) is 7.12. The quantitative estimate of drug-likeness (QED) is 0.177. The summed E-state index contributed by atoms with van der Waals surface area (Å²) in [5, 5.41) is 44.1. The number of aromatic nitrogens is 3. The van der Waals surface area contributed by atoms with Gasteiger partial charge in [0.2, 0.25) is 11.9 Å². The number of ether oxygens (including phenoxy) is 1. The van der Waals surface area contributed by atoms with Crippen molar-refractivity contribution in [2.45, 2.75) is 40.4 Å². The monoisotopic (exact) mass is 509 g/mol. The molecule has 3 rings (SSSR count). The lowest BCUT2D eigenvalue weighted by Crippen LogP contribution is -2.61. The van der Waals surface area contributed by atoms with Crippen molar-refractivity contribution in [3.8, 4) is 0 Å². The van der Waals surface area contributed by atoms with E-state index in [1.54, 1.807) is 0 Å². The van der Waals surface area contributed by atoms with Crippen LogP contribution in [-0.4, -0.2) is 98.6 Å². The van der Waals surface area contributed by atoms with Gasteiger partial charge in [-0.3, -0.25) is 9.11 Å². The molecule has 0 aliphatic carbocycles. The van der Waals surface area contributed by atoms with E-state index in [1.165, 1.54) is 0 Å². The highest BCUT2D eigenvalue weighted by molar-refractivity contribution is 7.86. The van der Waals surface area contributed by atoms with Crippen LogP contribution in [0.1, 0.15) is 0 Å². The van der Waals surface area contributed by atoms with Crippen LogP contribution in [0.15, 0.2) is 34.3 Å². The first-order chi connectivity index (χ1) is 15.3. The average Bonchev–Trinajstić information content (AvgIpc) is 2.72. The molecular formula is C15H19N5O11S2. The third kappa shape index (κ3) is 5.69. The van der Waals surface area contributed by atoms with Crippen LogP contribution in [0.5, 0.6) is 0 Å². The van der Waals surface area contributed by atoms with Gasteiger partial charge in [-0.15, -0.1) is 0 Å². The summed E-state index contributed by atoms with van der Waals surface area (Å²) in [5.74, 6) is -0.674. The Labute approximate surface area is 186 Å². The first kappa shape index (κ1) is 25.1. The Morgan fingerprint density at radius 3 is 2.24 bits per heavy atom. The van der Waals surface area contributed by atoms with Crippen LogP contribution in [0.3, 0.4) is 0 Å². The zero-order valence-electron chi connectivity index (χ0n) is 16.3. The van der Waals surface area contributed by atoms with Gasteiger partial charge in [-0.25, -0.2) is 9.97 Å². The Morgan fingerprint density at radius 1 is 0.970 bits per heavy atom. The molecule has 1 saturated heterocycles. The van der Waals surface area contributed by atoms with Crippen LogP contribution in [0.4, 0.5) is 17.6 Å². The summed E-state index contributed by atoms with van der Waals surface area (Å²) in [6.45, 7) is -0.666. The fourth-order valence-corrected chi connectivity index (χ4v) is 4.08. The van der Waals surface area contributed by atoms with Crippen molar-refractivity contribution >= 4 is 37.8 Å². The number of nitrogens with zero attached hydrogens (tertiary/aromatic N) is 3. The standard InChI is InChI=1S/C15H19N5O11S2/c21-4-8-11(22)12(23)10(13(24)31-8)19-15-17-5-16-14(20-15)18-7-3-6(32(25,26)27)1-2-9(7)33(28,29)30/h1-3,5,8,10-13,21-24H,4H2,(H,25,26,27)(H,28,29,30)(H2,16,17,18,19,20). The van der Waals surface area contributed by atoms with Gasteiger partial charge in [-0.05, 0) is 18.2 Å². The van der Waals surface area contributed by atoms with Crippen molar-refractivity contribution in [3.63, 3.8) is 0 Å². The van der Waals surface area contributed by atoms with E-state index in [1.807, 2.05) is 0 Å². The fraction of sp³-hybridized carbons (Fsp3) is 0.400. The maximum absolute atomic E-state index is 11.6. The predicted octanol–water partition coefficient (Wildman–Crippen LogP) is -2.68. The van der Waals surface area contributed by atoms with Gasteiger partial charge in [0.1, 0.15) is 35.6 Å². The van der Waals surface area contributed by atoms with Crippen LogP contribution >= 0.6 is 0 Å². The normalized spacial score (nSPS) is 26.1. The van der Waals surface area contributed by atoms with Gasteiger partial charge in [-0.1, -0.05) is 0 Å². The lowest BCUT2D eigenvalue weighted by Gasteiger charge is -2.40. The summed E-state index contributed by atoms with van der Waals surface area (Å²) in [7, 11) is -9.56. The number of anilines is 3. The highest BCUT2D eigenvalue weighted by atomic mass is 32.2. The Morgan fingerprint density at radius 2 is 1.64 bits per heavy atom. The molecular weight excluding hydrogens is 490 g/mol. The number of aliphatic hydroxyl groups excluding tert-OH is 4. The number of benzene rings is 1. The van der Waals surface area contributed by atoms with Crippen LogP contribution in [0, 0.1) is 0 Å². The molecule has 0 saturated carbocycles. The first-order valence-corrected chi connectivity index (χ1v) is 11.8. The molecule has 0 amide bonds. The van der Waals surface area contributed by atoms with Crippen molar-refractivity contribution < 1.29 is 51.1 Å². The smallest absolute Gasteiger partial charge is 0.296 e. The molecule has 0 bridgehead atoms. The van der Waals surface area contributed by atoms with Gasteiger partial charge in [0.05, 0.1) is 17.2 Å². The molecule has 1 aromatic carbocycles. The molecule has 1 aliphatic heterocycles. The third-order valence-corrected chi connectivity index (χ3v) is 6.30. The number of nitrogens with one attached hydrogen (secondary N) is 2. The number of aliphatic hydroxyl groups is 4. The number of hydrogen-bond donors (Lipinski definition) is 8. The Hall–Kier alpha value is -2.55. The maximum atomic E-state index is 11.6. The van der Waals surface area contributed by atoms with Gasteiger partial charge >= 0.3 is 0 Å². The van der Waals surface area contributed by atoms with Crippen molar-refractivity contribution in [1.82, 2.24) is 15.0 Å². The van der Waals surface area contributed by atoms with E-state index in [4.69, 9.17) is 9.84 Å². The molecule has 5 atom stereocenters. The molecule has 1 fully saturated rings. The van der Waals surface area contributed by atoms with Crippen molar-refractivity contribution in [2.75, 3.05) is 17.2 Å². The maximum Gasteiger partial charge on any atom is 0.296 e. The average molecular weight is 509 g/mol. The molecule has 18 heteroatoms. The molecule has 8 N–H and O–H groups in total. The number of rotatable bonds is 7. The Bertz CT molecular complexity index is 1230. The second-order valence-corrected chi connectivity index (χ2v) is 9.58. The summed E-state index contributed by atoms with van der Waals surface area (Å²) < 4.78 is 69.6. The topological polar surface area (TPSA) is 262 Å². The molecule has 1 aliphatic rings. The Balaban J connectivity index is 1.89. The highest BCUT2D eigenvalue weighted by Gasteiger charge is 2.44. The molecule has 1 aromatic heterocycles. The minimum atomic E-state index is -4.83. The van der Waals surface area contributed by atoms with E-state index in [0.29, 0.717) is 6.07 Å². The second-order valence-electron chi connectivity index (χ2n) is 6.76. The van der Waals surface area contributed by atoms with Crippen LogP contribution in [-0.2, 0) is 25.0 Å². The van der Waals surface area contributed by atoms with E-state index in [9.17, 15) is 41.3 Å². The summed E-state index contributed by atoms with van der Waals surface area (Å²) in [6, 6.07) is 0.838. The van der Waals surface area contributed by atoms with E-state index in [-0.39, 0.29) is 11.9 Å². The number of hydrogen-bond acceptors (Lipinski definition) is 14. The van der Waals surface area contributed by atoms with E-state index >= 15 is 0 Å². The summed E-state index contributed by atoms with van der Waals surface area (Å²) in [5.41, 5.74) is -0.507. The molecule has 16 nitrogen and oxygen atoms in total. The van der Waals surface area contributed by atoms with Crippen molar-refractivity contribution in [2.24, 2.45) is 0 Å². The van der Waals surface area contributed by atoms with Gasteiger partial charge in [-0.2, -0.15) is 21.8 Å². The predicted molar refractivity (Wildman–Crippen MR) is 107 cm³/mol. The molecule has 0 radical (unpaired) electrons. The van der Waals surface area contributed by atoms with Crippen LogP contribution < -0.4 is 10.6 Å². The highest BCUT2D eigenvalue weighted by Crippen LogP contribution is 2.27. The molecule has 5 unspecified atom stereocenters.